The molecule has 0 aliphatic heterocycles. The van der Waals surface area contributed by atoms with E-state index in [0.29, 0.717) is 23.5 Å². The Morgan fingerprint density at radius 1 is 1.21 bits per heavy atom. The maximum absolute atomic E-state index is 10.2. The third kappa shape index (κ3) is 4.48. The van der Waals surface area contributed by atoms with Gasteiger partial charge in [0, 0.05) is 17.6 Å². The molecule has 0 aromatic heterocycles. The van der Waals surface area contributed by atoms with Crippen molar-refractivity contribution >= 4 is 11.6 Å². The third-order valence-electron chi connectivity index (χ3n) is 4.19. The average molecular weight is 282 g/mol. The van der Waals surface area contributed by atoms with Crippen molar-refractivity contribution in [3.63, 3.8) is 0 Å². The lowest BCUT2D eigenvalue weighted by Crippen LogP contribution is -2.37. The minimum absolute atomic E-state index is 0.451. The summed E-state index contributed by atoms with van der Waals surface area (Å²) in [4.78, 5) is 0. The van der Waals surface area contributed by atoms with Crippen molar-refractivity contribution in [2.45, 2.75) is 51.2 Å². The predicted octanol–water partition coefficient (Wildman–Crippen LogP) is 3.93. The van der Waals surface area contributed by atoms with E-state index in [1.54, 1.807) is 0 Å². The molecule has 1 aliphatic rings. The molecule has 2 nitrogen and oxygen atoms in total. The van der Waals surface area contributed by atoms with Crippen LogP contribution in [0, 0.1) is 5.92 Å². The Labute approximate surface area is 121 Å². The molecule has 0 saturated heterocycles. The van der Waals surface area contributed by atoms with Crippen molar-refractivity contribution in [2.75, 3.05) is 6.54 Å². The van der Waals surface area contributed by atoms with Gasteiger partial charge in [-0.15, -0.1) is 0 Å². The first-order chi connectivity index (χ1) is 9.16. The Balaban J connectivity index is 1.85. The van der Waals surface area contributed by atoms with Gasteiger partial charge in [-0.1, -0.05) is 49.9 Å². The van der Waals surface area contributed by atoms with Gasteiger partial charge in [0.1, 0.15) is 0 Å². The minimum Gasteiger partial charge on any atom is -0.387 e. The van der Waals surface area contributed by atoms with Crippen molar-refractivity contribution in [3.8, 4) is 0 Å². The molecule has 106 valence electrons. The molecule has 0 bridgehead atoms. The fraction of sp³-hybridized carbons (Fsp3) is 0.625. The van der Waals surface area contributed by atoms with E-state index in [1.165, 1.54) is 32.1 Å². The number of rotatable bonds is 4. The molecule has 19 heavy (non-hydrogen) atoms. The zero-order valence-corrected chi connectivity index (χ0v) is 12.4. The Morgan fingerprint density at radius 3 is 2.63 bits per heavy atom. The van der Waals surface area contributed by atoms with Crippen LogP contribution in [-0.4, -0.2) is 17.7 Å². The van der Waals surface area contributed by atoms with Crippen LogP contribution in [0.3, 0.4) is 0 Å². The van der Waals surface area contributed by atoms with E-state index in [0.717, 1.165) is 5.56 Å². The second kappa shape index (κ2) is 7.28. The first kappa shape index (κ1) is 14.8. The van der Waals surface area contributed by atoms with Crippen LogP contribution in [-0.2, 0) is 0 Å². The zero-order chi connectivity index (χ0) is 13.7. The standard InChI is InChI=1S/C16H24ClNO/c1-12-5-3-2-4-6-15(12)18-11-16(19)13-7-9-14(17)10-8-13/h7-10,12,15-16,18-19H,2-6,11H2,1H3. The Hall–Kier alpha value is -0.570. The fourth-order valence-corrected chi connectivity index (χ4v) is 2.99. The number of benzene rings is 1. The van der Waals surface area contributed by atoms with Crippen molar-refractivity contribution < 1.29 is 5.11 Å². The van der Waals surface area contributed by atoms with Crippen LogP contribution in [0.15, 0.2) is 24.3 Å². The lowest BCUT2D eigenvalue weighted by atomic mass is 9.96. The number of halogens is 1. The molecule has 3 unspecified atom stereocenters. The smallest absolute Gasteiger partial charge is 0.0914 e. The summed E-state index contributed by atoms with van der Waals surface area (Å²) in [6.45, 7) is 2.94. The molecule has 2 rings (SSSR count). The normalized spacial score (nSPS) is 25.8. The molecule has 2 N–H and O–H groups in total. The zero-order valence-electron chi connectivity index (χ0n) is 11.6. The van der Waals surface area contributed by atoms with Gasteiger partial charge in [0.15, 0.2) is 0 Å². The number of aliphatic hydroxyl groups excluding tert-OH is 1. The fourth-order valence-electron chi connectivity index (χ4n) is 2.86. The quantitative estimate of drug-likeness (QED) is 0.820. The molecule has 1 fully saturated rings. The second-order valence-corrected chi connectivity index (χ2v) is 6.13. The summed E-state index contributed by atoms with van der Waals surface area (Å²) in [7, 11) is 0. The average Bonchev–Trinajstić information content (AvgIpc) is 2.61. The van der Waals surface area contributed by atoms with Gasteiger partial charge in [-0.05, 0) is 36.5 Å². The van der Waals surface area contributed by atoms with Crippen LogP contribution in [0.5, 0.6) is 0 Å². The molecule has 1 saturated carbocycles. The monoisotopic (exact) mass is 281 g/mol. The van der Waals surface area contributed by atoms with Gasteiger partial charge in [-0.3, -0.25) is 0 Å². The molecule has 0 amide bonds. The van der Waals surface area contributed by atoms with E-state index in [1.807, 2.05) is 24.3 Å². The molecule has 1 aromatic carbocycles. The van der Waals surface area contributed by atoms with Gasteiger partial charge in [0.05, 0.1) is 6.10 Å². The third-order valence-corrected chi connectivity index (χ3v) is 4.44. The molecule has 3 heteroatoms. The van der Waals surface area contributed by atoms with E-state index in [-0.39, 0.29) is 0 Å². The summed E-state index contributed by atoms with van der Waals surface area (Å²) in [5.74, 6) is 0.708. The maximum atomic E-state index is 10.2. The molecule has 1 aromatic rings. The minimum atomic E-state index is -0.451. The van der Waals surface area contributed by atoms with Gasteiger partial charge >= 0.3 is 0 Å². The molecule has 0 heterocycles. The van der Waals surface area contributed by atoms with Crippen LogP contribution >= 0.6 is 11.6 Å². The largest absolute Gasteiger partial charge is 0.387 e. The van der Waals surface area contributed by atoms with Gasteiger partial charge < -0.3 is 10.4 Å². The lowest BCUT2D eigenvalue weighted by molar-refractivity contribution is 0.163. The van der Waals surface area contributed by atoms with Crippen LogP contribution in [0.1, 0.15) is 50.7 Å². The van der Waals surface area contributed by atoms with Crippen LogP contribution in [0.2, 0.25) is 5.02 Å². The summed E-state index contributed by atoms with van der Waals surface area (Å²) >= 11 is 5.86. The molecule has 1 aliphatic carbocycles. The highest BCUT2D eigenvalue weighted by molar-refractivity contribution is 6.30. The van der Waals surface area contributed by atoms with Gasteiger partial charge in [0.25, 0.3) is 0 Å². The highest BCUT2D eigenvalue weighted by Gasteiger charge is 2.20. The van der Waals surface area contributed by atoms with Crippen molar-refractivity contribution in [1.82, 2.24) is 5.32 Å². The molecular weight excluding hydrogens is 258 g/mol. The van der Waals surface area contributed by atoms with Gasteiger partial charge in [0.2, 0.25) is 0 Å². The van der Waals surface area contributed by atoms with Gasteiger partial charge in [-0.2, -0.15) is 0 Å². The van der Waals surface area contributed by atoms with E-state index in [2.05, 4.69) is 12.2 Å². The van der Waals surface area contributed by atoms with Crippen LogP contribution in [0.25, 0.3) is 0 Å². The summed E-state index contributed by atoms with van der Waals surface area (Å²) < 4.78 is 0. The number of aliphatic hydroxyl groups is 1. The molecule has 0 spiro atoms. The second-order valence-electron chi connectivity index (χ2n) is 5.70. The molecular formula is C16H24ClNO. The lowest BCUT2D eigenvalue weighted by Gasteiger charge is -2.24. The van der Waals surface area contributed by atoms with E-state index in [9.17, 15) is 5.11 Å². The Kier molecular flexibility index (Phi) is 5.68. The first-order valence-electron chi connectivity index (χ1n) is 7.33. The topological polar surface area (TPSA) is 32.3 Å². The van der Waals surface area contributed by atoms with E-state index in [4.69, 9.17) is 11.6 Å². The van der Waals surface area contributed by atoms with Crippen LogP contribution < -0.4 is 5.32 Å². The SMILES string of the molecule is CC1CCCCCC1NCC(O)c1ccc(Cl)cc1. The number of nitrogens with one attached hydrogen (secondary N) is 1. The highest BCUT2D eigenvalue weighted by Crippen LogP contribution is 2.23. The van der Waals surface area contributed by atoms with Crippen molar-refractivity contribution in [2.24, 2.45) is 5.92 Å². The summed E-state index contributed by atoms with van der Waals surface area (Å²) in [5.41, 5.74) is 0.929. The van der Waals surface area contributed by atoms with E-state index < -0.39 is 6.10 Å². The summed E-state index contributed by atoms with van der Waals surface area (Å²) in [6.07, 6.45) is 6.08. The first-order valence-corrected chi connectivity index (χ1v) is 7.71. The Morgan fingerprint density at radius 2 is 1.89 bits per heavy atom. The Bertz CT molecular complexity index is 379. The molecule has 3 atom stereocenters. The summed E-state index contributed by atoms with van der Waals surface area (Å²) in [6, 6.07) is 7.99. The van der Waals surface area contributed by atoms with Crippen molar-refractivity contribution in [3.05, 3.63) is 34.9 Å². The maximum Gasteiger partial charge on any atom is 0.0914 e. The number of hydrogen-bond donors (Lipinski definition) is 2. The van der Waals surface area contributed by atoms with Crippen molar-refractivity contribution in [1.29, 1.82) is 0 Å². The van der Waals surface area contributed by atoms with Crippen LogP contribution in [0.4, 0.5) is 0 Å². The molecule has 0 radical (unpaired) electrons. The highest BCUT2D eigenvalue weighted by atomic mass is 35.5. The predicted molar refractivity (Wildman–Crippen MR) is 80.5 cm³/mol. The number of hydrogen-bond acceptors (Lipinski definition) is 2. The summed E-state index contributed by atoms with van der Waals surface area (Å²) in [5, 5.41) is 14.4. The van der Waals surface area contributed by atoms with Gasteiger partial charge in [-0.25, -0.2) is 0 Å². The van der Waals surface area contributed by atoms with E-state index >= 15 is 0 Å².